The summed E-state index contributed by atoms with van der Waals surface area (Å²) in [4.78, 5) is 20.8. The third kappa shape index (κ3) is 2.43. The summed E-state index contributed by atoms with van der Waals surface area (Å²) in [7, 11) is 0. The molecule has 1 unspecified atom stereocenters. The zero-order valence-corrected chi connectivity index (χ0v) is 11.2. The molecule has 1 aliphatic heterocycles. The molecule has 0 spiro atoms. The fraction of sp³-hybridized carbons (Fsp3) is 0.400. The van der Waals surface area contributed by atoms with Gasteiger partial charge in [-0.25, -0.2) is 0 Å². The van der Waals surface area contributed by atoms with Gasteiger partial charge in [-0.05, 0) is 44.4 Å². The molecule has 1 N–H and O–H groups in total. The fourth-order valence-electron chi connectivity index (χ4n) is 2.56. The summed E-state index contributed by atoms with van der Waals surface area (Å²) < 4.78 is 0. The van der Waals surface area contributed by atoms with Crippen LogP contribution in [0.2, 0.25) is 0 Å². The van der Waals surface area contributed by atoms with Crippen molar-refractivity contribution in [2.75, 3.05) is 0 Å². The van der Waals surface area contributed by atoms with Gasteiger partial charge in [-0.1, -0.05) is 0 Å². The largest absolute Gasteiger partial charge is 0.353 e. The van der Waals surface area contributed by atoms with Crippen LogP contribution in [0.3, 0.4) is 0 Å². The van der Waals surface area contributed by atoms with Gasteiger partial charge in [0.05, 0.1) is 18.1 Å². The van der Waals surface area contributed by atoms with Crippen LogP contribution in [0.1, 0.15) is 30.3 Å². The predicted octanol–water partition coefficient (Wildman–Crippen LogP) is 1.93. The number of nitrogens with zero attached hydrogens (tertiary/aromatic N) is 2. The molecule has 0 aliphatic carbocycles. The molecule has 4 heteroatoms. The monoisotopic (exact) mass is 255 g/mol. The summed E-state index contributed by atoms with van der Waals surface area (Å²) >= 11 is 0. The Bertz CT molecular complexity index is 651. The van der Waals surface area contributed by atoms with Crippen LogP contribution in [-0.4, -0.2) is 21.9 Å². The molecule has 2 aromatic heterocycles. The van der Waals surface area contributed by atoms with E-state index in [1.54, 1.807) is 0 Å². The summed E-state index contributed by atoms with van der Waals surface area (Å²) in [5.74, 6) is 0.0837. The first-order valence-corrected chi connectivity index (χ1v) is 6.66. The van der Waals surface area contributed by atoms with E-state index < -0.39 is 0 Å². The molecule has 3 heterocycles. The number of aryl methyl sites for hydroxylation is 2. The number of aromatic nitrogens is 2. The normalized spacial score (nSPS) is 19.5. The highest BCUT2D eigenvalue weighted by atomic mass is 16.1. The van der Waals surface area contributed by atoms with Gasteiger partial charge in [0.25, 0.3) is 0 Å². The summed E-state index contributed by atoms with van der Waals surface area (Å²) in [6, 6.07) is 4.32. The number of hydrogen-bond acceptors (Lipinski definition) is 3. The molecule has 4 nitrogen and oxygen atoms in total. The van der Waals surface area contributed by atoms with Gasteiger partial charge in [0.15, 0.2) is 0 Å². The number of carbonyl (C=O) groups is 1. The minimum absolute atomic E-state index is 0.0837. The van der Waals surface area contributed by atoms with Gasteiger partial charge in [0.1, 0.15) is 0 Å². The van der Waals surface area contributed by atoms with Crippen LogP contribution in [0.25, 0.3) is 10.9 Å². The van der Waals surface area contributed by atoms with Gasteiger partial charge < -0.3 is 5.32 Å². The minimum atomic E-state index is 0.0837. The third-order valence-corrected chi connectivity index (χ3v) is 3.58. The molecule has 1 aliphatic rings. The highest BCUT2D eigenvalue weighted by molar-refractivity contribution is 5.83. The van der Waals surface area contributed by atoms with Gasteiger partial charge >= 0.3 is 0 Å². The molecule has 0 radical (unpaired) electrons. The molecular formula is C15H17N3O. The van der Waals surface area contributed by atoms with Crippen molar-refractivity contribution in [1.82, 2.24) is 15.3 Å². The van der Waals surface area contributed by atoms with Gasteiger partial charge in [-0.15, -0.1) is 0 Å². The van der Waals surface area contributed by atoms with E-state index in [2.05, 4.69) is 21.4 Å². The van der Waals surface area contributed by atoms with E-state index in [4.69, 9.17) is 0 Å². The summed E-state index contributed by atoms with van der Waals surface area (Å²) in [6.45, 7) is 4.00. The number of carbonyl (C=O) groups excluding carboxylic acids is 1. The summed E-state index contributed by atoms with van der Waals surface area (Å²) in [5.41, 5.74) is 3.97. The number of fused-ring (bicyclic) bond motifs is 2. The Hall–Kier alpha value is -1.97. The maximum atomic E-state index is 11.9. The quantitative estimate of drug-likeness (QED) is 0.782. The Morgan fingerprint density at radius 2 is 2.21 bits per heavy atom. The van der Waals surface area contributed by atoms with Crippen LogP contribution in [-0.2, 0) is 17.6 Å². The van der Waals surface area contributed by atoms with Crippen molar-refractivity contribution in [2.45, 2.75) is 39.2 Å². The van der Waals surface area contributed by atoms with Crippen LogP contribution >= 0.6 is 0 Å². The molecule has 0 aromatic carbocycles. The number of hydrogen-bond donors (Lipinski definition) is 1. The minimum Gasteiger partial charge on any atom is -0.353 e. The van der Waals surface area contributed by atoms with Crippen molar-refractivity contribution in [3.8, 4) is 0 Å². The van der Waals surface area contributed by atoms with Crippen LogP contribution in [0.4, 0.5) is 0 Å². The van der Waals surface area contributed by atoms with Crippen molar-refractivity contribution in [3.63, 3.8) is 0 Å². The molecule has 3 rings (SSSR count). The number of amides is 1. The Morgan fingerprint density at radius 3 is 3.05 bits per heavy atom. The molecule has 2 aromatic rings. The first-order chi connectivity index (χ1) is 9.11. The zero-order chi connectivity index (χ0) is 13.4. The second-order valence-electron chi connectivity index (χ2n) is 5.30. The highest BCUT2D eigenvalue weighted by Gasteiger charge is 2.17. The lowest BCUT2D eigenvalue weighted by molar-refractivity contribution is -0.121. The van der Waals surface area contributed by atoms with E-state index in [9.17, 15) is 4.79 Å². The second-order valence-corrected chi connectivity index (χ2v) is 5.30. The molecule has 98 valence electrons. The Kier molecular flexibility index (Phi) is 2.93. The SMILES string of the molecule is Cc1cc2cc3c(nc2cn1)CCC(C)NC(=O)C3. The average Bonchev–Trinajstić information content (AvgIpc) is 2.34. The van der Waals surface area contributed by atoms with Crippen molar-refractivity contribution in [3.05, 3.63) is 35.3 Å². The third-order valence-electron chi connectivity index (χ3n) is 3.58. The molecule has 19 heavy (non-hydrogen) atoms. The lowest BCUT2D eigenvalue weighted by atomic mass is 9.99. The van der Waals surface area contributed by atoms with Gasteiger partial charge in [-0.2, -0.15) is 0 Å². The first kappa shape index (κ1) is 12.1. The molecule has 0 fully saturated rings. The van der Waals surface area contributed by atoms with Crippen molar-refractivity contribution < 1.29 is 4.79 Å². The Labute approximate surface area is 112 Å². The maximum Gasteiger partial charge on any atom is 0.224 e. The van der Waals surface area contributed by atoms with Crippen LogP contribution in [0.15, 0.2) is 18.3 Å². The zero-order valence-electron chi connectivity index (χ0n) is 11.2. The van der Waals surface area contributed by atoms with Gasteiger partial charge in [-0.3, -0.25) is 14.8 Å². The van der Waals surface area contributed by atoms with Crippen LogP contribution in [0.5, 0.6) is 0 Å². The van der Waals surface area contributed by atoms with Gasteiger partial charge in [0, 0.05) is 22.8 Å². The lowest BCUT2D eigenvalue weighted by Gasteiger charge is -2.19. The first-order valence-electron chi connectivity index (χ1n) is 6.66. The van der Waals surface area contributed by atoms with Crippen molar-refractivity contribution in [1.29, 1.82) is 0 Å². The highest BCUT2D eigenvalue weighted by Crippen LogP contribution is 2.20. The number of rotatable bonds is 0. The topological polar surface area (TPSA) is 54.9 Å². The van der Waals surface area contributed by atoms with E-state index in [1.165, 1.54) is 0 Å². The maximum absolute atomic E-state index is 11.9. The van der Waals surface area contributed by atoms with E-state index in [0.29, 0.717) is 6.42 Å². The molecule has 1 atom stereocenters. The predicted molar refractivity (Wildman–Crippen MR) is 73.9 cm³/mol. The summed E-state index contributed by atoms with van der Waals surface area (Å²) in [6.07, 6.45) is 4.06. The van der Waals surface area contributed by atoms with E-state index in [0.717, 1.165) is 40.7 Å². The molecule has 1 amide bonds. The average molecular weight is 255 g/mol. The second kappa shape index (κ2) is 4.61. The van der Waals surface area contributed by atoms with Gasteiger partial charge in [0.2, 0.25) is 5.91 Å². The standard InChI is InChI=1S/C15H17N3O/c1-9-3-4-13-12(7-15(19)17-9)6-11-5-10(2)16-8-14(11)18-13/h5-6,8-9H,3-4,7H2,1-2H3,(H,17,19). The van der Waals surface area contributed by atoms with Crippen LogP contribution in [0, 0.1) is 6.92 Å². The Balaban J connectivity index is 2.11. The number of nitrogens with one attached hydrogen (secondary N) is 1. The van der Waals surface area contributed by atoms with E-state index in [1.807, 2.05) is 26.1 Å². The molecule has 0 saturated carbocycles. The number of pyridine rings is 2. The fourth-order valence-corrected chi connectivity index (χ4v) is 2.56. The molecular weight excluding hydrogens is 238 g/mol. The Morgan fingerprint density at radius 1 is 1.37 bits per heavy atom. The lowest BCUT2D eigenvalue weighted by Crippen LogP contribution is -2.36. The van der Waals surface area contributed by atoms with E-state index >= 15 is 0 Å². The van der Waals surface area contributed by atoms with Crippen molar-refractivity contribution >= 4 is 16.8 Å². The van der Waals surface area contributed by atoms with E-state index in [-0.39, 0.29) is 11.9 Å². The molecule has 0 bridgehead atoms. The smallest absolute Gasteiger partial charge is 0.224 e. The molecule has 0 saturated heterocycles. The van der Waals surface area contributed by atoms with Crippen molar-refractivity contribution in [2.24, 2.45) is 0 Å². The summed E-state index contributed by atoms with van der Waals surface area (Å²) in [5, 5.41) is 4.07. The van der Waals surface area contributed by atoms with Crippen LogP contribution < -0.4 is 5.32 Å².